The van der Waals surface area contributed by atoms with Gasteiger partial charge in [-0.25, -0.2) is 0 Å². The molecule has 1 heterocycles. The molecule has 4 nitrogen and oxygen atoms in total. The highest BCUT2D eigenvalue weighted by Gasteiger charge is 2.28. The van der Waals surface area contributed by atoms with E-state index in [-0.39, 0.29) is 18.0 Å². The van der Waals surface area contributed by atoms with Crippen LogP contribution < -0.4 is 10.5 Å². The van der Waals surface area contributed by atoms with E-state index >= 15 is 0 Å². The average molecular weight is 318 g/mol. The first kappa shape index (κ1) is 17.8. The Bertz CT molecular complexity index is 528. The first-order valence-electron chi connectivity index (χ1n) is 8.74. The number of likely N-dealkylation sites (tertiary alicyclic amines) is 1. The summed E-state index contributed by atoms with van der Waals surface area (Å²) in [4.78, 5) is 14.4. The van der Waals surface area contributed by atoms with Gasteiger partial charge in [0.15, 0.2) is 0 Å². The van der Waals surface area contributed by atoms with Gasteiger partial charge in [0.1, 0.15) is 5.75 Å². The Balaban J connectivity index is 1.76. The van der Waals surface area contributed by atoms with E-state index in [0.29, 0.717) is 13.0 Å². The van der Waals surface area contributed by atoms with Crippen molar-refractivity contribution in [3.63, 3.8) is 0 Å². The van der Waals surface area contributed by atoms with Crippen molar-refractivity contribution in [1.82, 2.24) is 4.90 Å². The molecule has 0 saturated carbocycles. The molecule has 2 atom stereocenters. The highest BCUT2D eigenvalue weighted by Crippen LogP contribution is 2.21. The first-order valence-corrected chi connectivity index (χ1v) is 8.74. The third-order valence-corrected chi connectivity index (χ3v) is 4.76. The number of benzene rings is 1. The van der Waals surface area contributed by atoms with E-state index in [1.54, 1.807) is 0 Å². The number of piperidine rings is 1. The van der Waals surface area contributed by atoms with Crippen LogP contribution in [0.25, 0.3) is 0 Å². The van der Waals surface area contributed by atoms with Gasteiger partial charge in [-0.15, -0.1) is 0 Å². The first-order chi connectivity index (χ1) is 11.0. The van der Waals surface area contributed by atoms with Gasteiger partial charge in [-0.3, -0.25) is 4.79 Å². The van der Waals surface area contributed by atoms with Crippen LogP contribution in [0, 0.1) is 13.8 Å². The Hall–Kier alpha value is -1.55. The SMILES string of the molecule is Cc1ccc(OCCCC(=O)N2CCCCC2C(C)N)cc1C. The second-order valence-electron chi connectivity index (χ2n) is 6.71. The maximum Gasteiger partial charge on any atom is 0.222 e. The predicted octanol–water partition coefficient (Wildman–Crippen LogP) is 3.19. The number of nitrogens with two attached hydrogens (primary N) is 1. The summed E-state index contributed by atoms with van der Waals surface area (Å²) in [6, 6.07) is 6.36. The van der Waals surface area contributed by atoms with Crippen molar-refractivity contribution in [3.8, 4) is 5.75 Å². The van der Waals surface area contributed by atoms with Crippen LogP contribution in [0.3, 0.4) is 0 Å². The Kier molecular flexibility index (Phi) is 6.46. The Labute approximate surface area is 140 Å². The molecular weight excluding hydrogens is 288 g/mol. The molecule has 1 saturated heterocycles. The van der Waals surface area contributed by atoms with Crippen molar-refractivity contribution in [2.24, 2.45) is 5.73 Å². The lowest BCUT2D eigenvalue weighted by molar-refractivity contribution is -0.135. The van der Waals surface area contributed by atoms with Gasteiger partial charge < -0.3 is 15.4 Å². The van der Waals surface area contributed by atoms with Crippen molar-refractivity contribution in [3.05, 3.63) is 29.3 Å². The normalized spacial score (nSPS) is 19.5. The van der Waals surface area contributed by atoms with E-state index in [2.05, 4.69) is 19.9 Å². The summed E-state index contributed by atoms with van der Waals surface area (Å²) < 4.78 is 5.76. The summed E-state index contributed by atoms with van der Waals surface area (Å²) in [5.74, 6) is 1.10. The lowest BCUT2D eigenvalue weighted by Crippen LogP contribution is -2.51. The monoisotopic (exact) mass is 318 g/mol. The Morgan fingerprint density at radius 2 is 2.13 bits per heavy atom. The summed E-state index contributed by atoms with van der Waals surface area (Å²) in [5, 5.41) is 0. The highest BCUT2D eigenvalue weighted by atomic mass is 16.5. The van der Waals surface area contributed by atoms with E-state index in [1.165, 1.54) is 17.5 Å². The van der Waals surface area contributed by atoms with Crippen LogP contribution in [0.1, 0.15) is 50.2 Å². The fourth-order valence-corrected chi connectivity index (χ4v) is 3.17. The maximum absolute atomic E-state index is 12.4. The highest BCUT2D eigenvalue weighted by molar-refractivity contribution is 5.76. The van der Waals surface area contributed by atoms with Gasteiger partial charge in [-0.2, -0.15) is 0 Å². The minimum atomic E-state index is 0.0473. The second-order valence-corrected chi connectivity index (χ2v) is 6.71. The van der Waals surface area contributed by atoms with Crippen molar-refractivity contribution < 1.29 is 9.53 Å². The summed E-state index contributed by atoms with van der Waals surface area (Å²) in [6.07, 6.45) is 4.57. The molecular formula is C19H30N2O2. The van der Waals surface area contributed by atoms with Gasteiger partial charge in [0.25, 0.3) is 0 Å². The molecule has 1 aliphatic rings. The van der Waals surface area contributed by atoms with Crippen LogP contribution in [0.15, 0.2) is 18.2 Å². The zero-order valence-corrected chi connectivity index (χ0v) is 14.7. The maximum atomic E-state index is 12.4. The van der Waals surface area contributed by atoms with Gasteiger partial charge in [0.2, 0.25) is 5.91 Å². The van der Waals surface area contributed by atoms with Crippen molar-refractivity contribution in [2.45, 2.75) is 65.0 Å². The van der Waals surface area contributed by atoms with Gasteiger partial charge in [0, 0.05) is 25.0 Å². The fraction of sp³-hybridized carbons (Fsp3) is 0.632. The summed E-state index contributed by atoms with van der Waals surface area (Å²) >= 11 is 0. The molecule has 128 valence electrons. The van der Waals surface area contributed by atoms with Crippen molar-refractivity contribution in [1.29, 1.82) is 0 Å². The molecule has 0 aliphatic carbocycles. The fourth-order valence-electron chi connectivity index (χ4n) is 3.17. The van der Waals surface area contributed by atoms with Crippen LogP contribution in [-0.4, -0.2) is 36.0 Å². The number of carbonyl (C=O) groups is 1. The number of carbonyl (C=O) groups excluding carboxylic acids is 1. The molecule has 0 spiro atoms. The molecule has 0 radical (unpaired) electrons. The quantitative estimate of drug-likeness (QED) is 0.820. The summed E-state index contributed by atoms with van der Waals surface area (Å²) in [5.41, 5.74) is 8.53. The van der Waals surface area contributed by atoms with Gasteiger partial charge >= 0.3 is 0 Å². The Morgan fingerprint density at radius 1 is 1.35 bits per heavy atom. The molecule has 4 heteroatoms. The van der Waals surface area contributed by atoms with E-state index in [1.807, 2.05) is 24.0 Å². The van der Waals surface area contributed by atoms with Crippen molar-refractivity contribution in [2.75, 3.05) is 13.2 Å². The van der Waals surface area contributed by atoms with Crippen molar-refractivity contribution >= 4 is 5.91 Å². The third kappa shape index (κ3) is 4.96. The van der Waals surface area contributed by atoms with Crippen LogP contribution in [0.5, 0.6) is 5.75 Å². The molecule has 1 amide bonds. The average Bonchev–Trinajstić information content (AvgIpc) is 2.54. The van der Waals surface area contributed by atoms with Gasteiger partial charge in [0.05, 0.1) is 6.61 Å². The number of hydrogen-bond acceptors (Lipinski definition) is 3. The molecule has 0 aromatic heterocycles. The van der Waals surface area contributed by atoms with Gasteiger partial charge in [-0.05, 0) is 69.7 Å². The van der Waals surface area contributed by atoms with Gasteiger partial charge in [-0.1, -0.05) is 6.07 Å². The zero-order valence-electron chi connectivity index (χ0n) is 14.7. The van der Waals surface area contributed by atoms with Crippen LogP contribution in [0.4, 0.5) is 0 Å². The summed E-state index contributed by atoms with van der Waals surface area (Å²) in [6.45, 7) is 7.59. The van der Waals surface area contributed by atoms with E-state index < -0.39 is 0 Å². The number of amides is 1. The minimum Gasteiger partial charge on any atom is -0.494 e. The molecule has 1 aromatic rings. The lowest BCUT2D eigenvalue weighted by atomic mass is 9.96. The van der Waals surface area contributed by atoms with Crippen LogP contribution in [0.2, 0.25) is 0 Å². The molecule has 2 N–H and O–H groups in total. The molecule has 23 heavy (non-hydrogen) atoms. The molecule has 2 unspecified atom stereocenters. The number of nitrogens with zero attached hydrogens (tertiary/aromatic N) is 1. The largest absolute Gasteiger partial charge is 0.494 e. The number of rotatable bonds is 6. The second kappa shape index (κ2) is 8.34. The topological polar surface area (TPSA) is 55.6 Å². The standard InChI is InChI=1S/C19H30N2O2/c1-14-9-10-17(13-15(14)2)23-12-6-8-19(22)21-11-5-4-7-18(21)16(3)20/h9-10,13,16,18H,4-8,11-12,20H2,1-3H3. The lowest BCUT2D eigenvalue weighted by Gasteiger charge is -2.38. The molecule has 1 aliphatic heterocycles. The van der Waals surface area contributed by atoms with Crippen LogP contribution >= 0.6 is 0 Å². The molecule has 1 fully saturated rings. The number of hydrogen-bond donors (Lipinski definition) is 1. The smallest absolute Gasteiger partial charge is 0.222 e. The van der Waals surface area contributed by atoms with E-state index in [4.69, 9.17) is 10.5 Å². The minimum absolute atomic E-state index is 0.0473. The zero-order chi connectivity index (χ0) is 16.8. The predicted molar refractivity (Wildman–Crippen MR) is 93.6 cm³/mol. The number of ether oxygens (including phenoxy) is 1. The molecule has 1 aromatic carbocycles. The summed E-state index contributed by atoms with van der Waals surface area (Å²) in [7, 11) is 0. The van der Waals surface area contributed by atoms with Crippen LogP contribution in [-0.2, 0) is 4.79 Å². The molecule has 2 rings (SSSR count). The third-order valence-electron chi connectivity index (χ3n) is 4.76. The van der Waals surface area contributed by atoms with E-state index in [0.717, 1.165) is 31.6 Å². The van der Waals surface area contributed by atoms with E-state index in [9.17, 15) is 4.79 Å². The number of aryl methyl sites for hydroxylation is 2. The Morgan fingerprint density at radius 3 is 2.83 bits per heavy atom. The molecule has 0 bridgehead atoms.